The number of nitrogens with zero attached hydrogens (tertiary/aromatic N) is 1. The molecular weight excluding hydrogens is 278 g/mol. The normalized spacial score (nSPS) is 15.7. The Bertz CT molecular complexity index is 499. The van der Waals surface area contributed by atoms with Crippen molar-refractivity contribution in [2.24, 2.45) is 0 Å². The number of thiocarbonyl (C=S) groups is 1. The van der Waals surface area contributed by atoms with Gasteiger partial charge in [-0.15, -0.1) is 0 Å². The molecular formula is C14H15NO2S2. The number of thioether (sulfide) groups is 1. The maximum Gasteiger partial charge on any atom is 0.334 e. The Morgan fingerprint density at radius 1 is 1.42 bits per heavy atom. The molecule has 0 saturated heterocycles. The minimum absolute atomic E-state index is 0.267. The summed E-state index contributed by atoms with van der Waals surface area (Å²) < 4.78 is 5.57. The molecule has 0 aromatic heterocycles. The lowest BCUT2D eigenvalue weighted by atomic mass is 10.2. The summed E-state index contributed by atoms with van der Waals surface area (Å²) in [5.74, 6) is 0.313. The van der Waals surface area contributed by atoms with E-state index in [0.717, 1.165) is 10.9 Å². The van der Waals surface area contributed by atoms with Crippen molar-refractivity contribution in [1.29, 1.82) is 0 Å². The molecule has 0 aliphatic carbocycles. The van der Waals surface area contributed by atoms with Crippen LogP contribution >= 0.6 is 24.0 Å². The number of rotatable bonds is 3. The summed E-state index contributed by atoms with van der Waals surface area (Å²) in [6, 6.07) is 10.2. The molecule has 5 heteroatoms. The third kappa shape index (κ3) is 3.81. The predicted molar refractivity (Wildman–Crippen MR) is 82.0 cm³/mol. The van der Waals surface area contributed by atoms with E-state index in [4.69, 9.17) is 17.0 Å². The second-order valence-corrected chi connectivity index (χ2v) is 5.75. The molecule has 0 fully saturated rings. The van der Waals surface area contributed by atoms with Crippen molar-refractivity contribution in [2.45, 2.75) is 6.54 Å². The minimum Gasteiger partial charge on any atom is -0.466 e. The quantitative estimate of drug-likeness (QED) is 0.631. The largest absolute Gasteiger partial charge is 0.466 e. The van der Waals surface area contributed by atoms with E-state index >= 15 is 0 Å². The maximum atomic E-state index is 11.5. The molecule has 1 aromatic carbocycles. The summed E-state index contributed by atoms with van der Waals surface area (Å²) in [6.07, 6.45) is 1.90. The Morgan fingerprint density at radius 3 is 2.84 bits per heavy atom. The fourth-order valence-corrected chi connectivity index (χ4v) is 2.94. The van der Waals surface area contributed by atoms with Gasteiger partial charge in [-0.1, -0.05) is 60.4 Å². The van der Waals surface area contributed by atoms with Crippen LogP contribution in [0.3, 0.4) is 0 Å². The molecule has 19 heavy (non-hydrogen) atoms. The van der Waals surface area contributed by atoms with Gasteiger partial charge in [-0.25, -0.2) is 4.79 Å². The lowest BCUT2D eigenvalue weighted by molar-refractivity contribution is -0.135. The van der Waals surface area contributed by atoms with Gasteiger partial charge >= 0.3 is 5.97 Å². The standard InChI is InChI=1S/C14H15NO2S2/c1-17-13(16)12-7-8-15(14(18)19-10-12)9-11-5-3-2-4-6-11/h2-7H,8-10H2,1H3. The van der Waals surface area contributed by atoms with Gasteiger partial charge in [0.25, 0.3) is 0 Å². The van der Waals surface area contributed by atoms with Crippen molar-refractivity contribution in [1.82, 2.24) is 4.90 Å². The van der Waals surface area contributed by atoms with Gasteiger partial charge in [0.15, 0.2) is 0 Å². The highest BCUT2D eigenvalue weighted by Gasteiger charge is 2.18. The molecule has 0 saturated carbocycles. The van der Waals surface area contributed by atoms with Crippen molar-refractivity contribution in [3.8, 4) is 0 Å². The molecule has 3 nitrogen and oxygen atoms in total. The SMILES string of the molecule is COC(=O)C1=CCN(Cc2ccccc2)C(=S)SC1. The van der Waals surface area contributed by atoms with Crippen molar-refractivity contribution >= 4 is 34.3 Å². The second kappa shape index (κ2) is 6.73. The third-order valence-electron chi connectivity index (χ3n) is 2.83. The van der Waals surface area contributed by atoms with Gasteiger partial charge in [-0.2, -0.15) is 0 Å². The van der Waals surface area contributed by atoms with Gasteiger partial charge in [-0.05, 0) is 5.56 Å². The van der Waals surface area contributed by atoms with Gasteiger partial charge in [0.2, 0.25) is 0 Å². The Hall–Kier alpha value is -1.33. The van der Waals surface area contributed by atoms with E-state index in [1.165, 1.54) is 24.4 Å². The Labute approximate surface area is 122 Å². The Kier molecular flexibility index (Phi) is 4.99. The first-order valence-electron chi connectivity index (χ1n) is 5.93. The first-order chi connectivity index (χ1) is 9.20. The Balaban J connectivity index is 2.07. The smallest absolute Gasteiger partial charge is 0.334 e. The first-order valence-corrected chi connectivity index (χ1v) is 7.33. The summed E-state index contributed by atoms with van der Waals surface area (Å²) in [6.45, 7) is 1.41. The zero-order valence-corrected chi connectivity index (χ0v) is 12.3. The number of hydrogen-bond acceptors (Lipinski definition) is 4. The summed E-state index contributed by atoms with van der Waals surface area (Å²) in [4.78, 5) is 13.6. The van der Waals surface area contributed by atoms with E-state index in [9.17, 15) is 4.79 Å². The average molecular weight is 293 g/mol. The lowest BCUT2D eigenvalue weighted by Crippen LogP contribution is -2.26. The highest BCUT2D eigenvalue weighted by atomic mass is 32.2. The Morgan fingerprint density at radius 2 is 2.16 bits per heavy atom. The van der Waals surface area contributed by atoms with Crippen LogP contribution in [0.25, 0.3) is 0 Å². The summed E-state index contributed by atoms with van der Waals surface area (Å²) >= 11 is 6.90. The monoisotopic (exact) mass is 293 g/mol. The van der Waals surface area contributed by atoms with Crippen molar-refractivity contribution in [3.63, 3.8) is 0 Å². The third-order valence-corrected chi connectivity index (χ3v) is 4.40. The van der Waals surface area contributed by atoms with Crippen LogP contribution in [0.15, 0.2) is 42.0 Å². The molecule has 0 N–H and O–H groups in total. The number of carbonyl (C=O) groups is 1. The average Bonchev–Trinajstić information content (AvgIpc) is 2.62. The highest BCUT2D eigenvalue weighted by molar-refractivity contribution is 8.23. The number of methoxy groups -OCH3 is 1. The van der Waals surface area contributed by atoms with Crippen molar-refractivity contribution in [2.75, 3.05) is 19.4 Å². The number of benzene rings is 1. The molecule has 0 spiro atoms. The van der Waals surface area contributed by atoms with Crippen LogP contribution in [-0.4, -0.2) is 34.6 Å². The molecule has 1 aromatic rings. The molecule has 0 amide bonds. The highest BCUT2D eigenvalue weighted by Crippen LogP contribution is 2.20. The summed E-state index contributed by atoms with van der Waals surface area (Å²) in [7, 11) is 1.40. The molecule has 0 atom stereocenters. The van der Waals surface area contributed by atoms with Crippen LogP contribution in [-0.2, 0) is 16.1 Å². The number of ether oxygens (including phenoxy) is 1. The molecule has 100 valence electrons. The molecule has 1 aliphatic rings. The lowest BCUT2D eigenvalue weighted by Gasteiger charge is -2.21. The van der Waals surface area contributed by atoms with Crippen LogP contribution in [0.2, 0.25) is 0 Å². The van der Waals surface area contributed by atoms with E-state index in [-0.39, 0.29) is 5.97 Å². The first kappa shape index (κ1) is 14.1. The van der Waals surface area contributed by atoms with E-state index in [2.05, 4.69) is 17.0 Å². The molecule has 0 bridgehead atoms. The molecule has 0 unspecified atom stereocenters. The van der Waals surface area contributed by atoms with Crippen LogP contribution in [0.1, 0.15) is 5.56 Å². The maximum absolute atomic E-state index is 11.5. The van der Waals surface area contributed by atoms with Crippen molar-refractivity contribution < 1.29 is 9.53 Å². The van der Waals surface area contributed by atoms with Crippen LogP contribution in [0.4, 0.5) is 0 Å². The second-order valence-electron chi connectivity index (χ2n) is 4.14. The van der Waals surface area contributed by atoms with Gasteiger partial charge in [0, 0.05) is 24.4 Å². The van der Waals surface area contributed by atoms with Crippen LogP contribution in [0.5, 0.6) is 0 Å². The van der Waals surface area contributed by atoms with E-state index in [1.807, 2.05) is 24.3 Å². The zero-order chi connectivity index (χ0) is 13.7. The predicted octanol–water partition coefficient (Wildman–Crippen LogP) is 2.62. The molecule has 1 aliphatic heterocycles. The summed E-state index contributed by atoms with van der Waals surface area (Å²) in [5, 5.41) is 0. The number of hydrogen-bond donors (Lipinski definition) is 0. The topological polar surface area (TPSA) is 29.5 Å². The van der Waals surface area contributed by atoms with E-state index in [1.54, 1.807) is 0 Å². The van der Waals surface area contributed by atoms with Crippen molar-refractivity contribution in [3.05, 3.63) is 47.5 Å². The molecule has 2 rings (SSSR count). The molecule has 0 radical (unpaired) electrons. The zero-order valence-electron chi connectivity index (χ0n) is 10.7. The minimum atomic E-state index is -0.267. The van der Waals surface area contributed by atoms with E-state index in [0.29, 0.717) is 17.9 Å². The van der Waals surface area contributed by atoms with Crippen LogP contribution in [0, 0.1) is 0 Å². The fraction of sp³-hybridized carbons (Fsp3) is 0.286. The van der Waals surface area contributed by atoms with Gasteiger partial charge in [0.1, 0.15) is 4.32 Å². The van der Waals surface area contributed by atoms with Gasteiger partial charge in [-0.3, -0.25) is 0 Å². The van der Waals surface area contributed by atoms with E-state index < -0.39 is 0 Å². The van der Waals surface area contributed by atoms with Crippen LogP contribution < -0.4 is 0 Å². The fourth-order valence-electron chi connectivity index (χ4n) is 1.79. The number of carbonyl (C=O) groups excluding carboxylic acids is 1. The van der Waals surface area contributed by atoms with Gasteiger partial charge < -0.3 is 9.64 Å². The van der Waals surface area contributed by atoms with Gasteiger partial charge in [0.05, 0.1) is 7.11 Å². The molecule has 1 heterocycles. The number of esters is 1. The summed E-state index contributed by atoms with van der Waals surface area (Å²) in [5.41, 5.74) is 1.89.